The predicted molar refractivity (Wildman–Crippen MR) is 76.3 cm³/mol. The molecule has 1 heterocycles. The van der Waals surface area contributed by atoms with E-state index in [0.29, 0.717) is 10.7 Å². The van der Waals surface area contributed by atoms with Crippen LogP contribution in [0, 0.1) is 23.2 Å². The fourth-order valence-electron chi connectivity index (χ4n) is 4.14. The number of rotatable bonds is 1. The van der Waals surface area contributed by atoms with Gasteiger partial charge in [0.05, 0.1) is 17.0 Å². The van der Waals surface area contributed by atoms with Crippen molar-refractivity contribution in [1.82, 2.24) is 0 Å². The summed E-state index contributed by atoms with van der Waals surface area (Å²) in [5, 5.41) is 0.598. The van der Waals surface area contributed by atoms with E-state index in [4.69, 9.17) is 11.6 Å². The second kappa shape index (κ2) is 3.73. The van der Waals surface area contributed by atoms with Crippen LogP contribution in [-0.4, -0.2) is 11.8 Å². The molecule has 1 saturated carbocycles. The molecule has 1 aliphatic heterocycles. The van der Waals surface area contributed by atoms with Gasteiger partial charge in [0.15, 0.2) is 0 Å². The van der Waals surface area contributed by atoms with Crippen molar-refractivity contribution in [3.63, 3.8) is 0 Å². The lowest BCUT2D eigenvalue weighted by Gasteiger charge is -2.28. The zero-order valence-corrected chi connectivity index (χ0v) is 11.8. The smallest absolute Gasteiger partial charge is 0.241 e. The normalized spacial score (nSPS) is 37.9. The number of allylic oxidation sites excluding steroid dienone is 2. The highest BCUT2D eigenvalue weighted by atomic mass is 35.5. The zero-order valence-electron chi connectivity index (χ0n) is 11.0. The maximum atomic E-state index is 12.8. The topological polar surface area (TPSA) is 37.4 Å². The van der Waals surface area contributed by atoms with Crippen LogP contribution in [0.5, 0.6) is 0 Å². The largest absolute Gasteiger partial charge is 0.274 e. The lowest BCUT2D eigenvalue weighted by Crippen LogP contribution is -2.37. The molecule has 0 aromatic heterocycles. The Kier molecular flexibility index (Phi) is 2.27. The molecule has 1 aromatic carbocycles. The highest BCUT2D eigenvalue weighted by Crippen LogP contribution is 2.60. The van der Waals surface area contributed by atoms with E-state index in [1.54, 1.807) is 24.3 Å². The van der Waals surface area contributed by atoms with Crippen LogP contribution in [-0.2, 0) is 9.59 Å². The highest BCUT2D eigenvalue weighted by molar-refractivity contribution is 6.31. The molecule has 0 N–H and O–H groups in total. The van der Waals surface area contributed by atoms with Crippen molar-refractivity contribution >= 4 is 29.1 Å². The van der Waals surface area contributed by atoms with E-state index in [1.165, 1.54) is 4.90 Å². The summed E-state index contributed by atoms with van der Waals surface area (Å²) in [7, 11) is 0. The minimum atomic E-state index is -0.559. The molecule has 20 heavy (non-hydrogen) atoms. The Labute approximate surface area is 122 Å². The standard InChI is InChI=1S/C16H14ClNO2/c1-16-10-3-2-9(8-10)13(16)14(19)18(15(16)20)12-6-4-11(17)5-7-12/h2-7,9-10,13H,8H2,1H3. The van der Waals surface area contributed by atoms with Gasteiger partial charge in [-0.3, -0.25) is 9.59 Å². The van der Waals surface area contributed by atoms with E-state index in [-0.39, 0.29) is 29.6 Å². The van der Waals surface area contributed by atoms with Gasteiger partial charge in [-0.2, -0.15) is 0 Å². The van der Waals surface area contributed by atoms with Crippen LogP contribution in [0.2, 0.25) is 5.02 Å². The molecular weight excluding hydrogens is 274 g/mol. The van der Waals surface area contributed by atoms with Gasteiger partial charge in [0.25, 0.3) is 0 Å². The summed E-state index contributed by atoms with van der Waals surface area (Å²) < 4.78 is 0. The molecule has 2 fully saturated rings. The quantitative estimate of drug-likeness (QED) is 0.588. The fourth-order valence-corrected chi connectivity index (χ4v) is 4.27. The molecular formula is C16H14ClNO2. The number of imide groups is 1. The first-order valence-corrected chi connectivity index (χ1v) is 7.23. The second-order valence-electron chi connectivity index (χ2n) is 6.11. The number of carbonyl (C=O) groups is 2. The summed E-state index contributed by atoms with van der Waals surface area (Å²) in [5.74, 6) is 0.106. The number of carbonyl (C=O) groups excluding carboxylic acids is 2. The van der Waals surface area contributed by atoms with Crippen molar-refractivity contribution in [3.05, 3.63) is 41.4 Å². The van der Waals surface area contributed by atoms with E-state index in [2.05, 4.69) is 12.2 Å². The summed E-state index contributed by atoms with van der Waals surface area (Å²) >= 11 is 5.87. The van der Waals surface area contributed by atoms with E-state index in [1.807, 2.05) is 6.92 Å². The number of fused-ring (bicyclic) bond motifs is 5. The average molecular weight is 288 g/mol. The molecule has 2 bridgehead atoms. The van der Waals surface area contributed by atoms with E-state index in [0.717, 1.165) is 6.42 Å². The minimum absolute atomic E-state index is 0.0586. The summed E-state index contributed by atoms with van der Waals surface area (Å²) in [6.45, 7) is 1.95. The van der Waals surface area contributed by atoms with Crippen molar-refractivity contribution in [2.45, 2.75) is 13.3 Å². The van der Waals surface area contributed by atoms with Crippen molar-refractivity contribution in [2.75, 3.05) is 4.90 Å². The number of nitrogens with zero attached hydrogens (tertiary/aromatic N) is 1. The summed E-state index contributed by atoms with van der Waals surface area (Å²) in [5.41, 5.74) is 0.0651. The molecule has 1 saturated heterocycles. The highest BCUT2D eigenvalue weighted by Gasteiger charge is 2.67. The first-order valence-electron chi connectivity index (χ1n) is 6.86. The van der Waals surface area contributed by atoms with Gasteiger partial charge in [0.2, 0.25) is 11.8 Å². The van der Waals surface area contributed by atoms with Gasteiger partial charge in [-0.15, -0.1) is 0 Å². The van der Waals surface area contributed by atoms with Crippen molar-refractivity contribution < 1.29 is 9.59 Å². The third-order valence-electron chi connectivity index (χ3n) is 5.20. The molecule has 0 radical (unpaired) electrons. The Hall–Kier alpha value is -1.61. The SMILES string of the molecule is CC12C(=O)N(c3ccc(Cl)cc3)C(=O)C1C1C=CC2C1. The molecule has 102 valence electrons. The molecule has 3 nitrogen and oxygen atoms in total. The number of hydrogen-bond acceptors (Lipinski definition) is 2. The van der Waals surface area contributed by atoms with Crippen molar-refractivity contribution in [3.8, 4) is 0 Å². The van der Waals surface area contributed by atoms with E-state index >= 15 is 0 Å². The van der Waals surface area contributed by atoms with Crippen LogP contribution >= 0.6 is 11.6 Å². The van der Waals surface area contributed by atoms with E-state index < -0.39 is 5.41 Å². The number of anilines is 1. The van der Waals surface area contributed by atoms with Crippen LogP contribution in [0.25, 0.3) is 0 Å². The third kappa shape index (κ3) is 1.27. The van der Waals surface area contributed by atoms with E-state index in [9.17, 15) is 9.59 Å². The Morgan fingerprint density at radius 2 is 1.90 bits per heavy atom. The van der Waals surface area contributed by atoms with Crippen LogP contribution in [0.15, 0.2) is 36.4 Å². The third-order valence-corrected chi connectivity index (χ3v) is 5.45. The Morgan fingerprint density at radius 1 is 1.20 bits per heavy atom. The summed E-state index contributed by atoms with van der Waals surface area (Å²) in [6.07, 6.45) is 5.15. The number of benzene rings is 1. The average Bonchev–Trinajstić information content (AvgIpc) is 3.05. The number of halogens is 1. The lowest BCUT2D eigenvalue weighted by molar-refractivity contribution is -0.127. The summed E-state index contributed by atoms with van der Waals surface area (Å²) in [6, 6.07) is 6.89. The maximum absolute atomic E-state index is 12.8. The summed E-state index contributed by atoms with van der Waals surface area (Å²) in [4.78, 5) is 26.9. The lowest BCUT2D eigenvalue weighted by atomic mass is 9.71. The monoisotopic (exact) mass is 287 g/mol. The van der Waals surface area contributed by atoms with Crippen molar-refractivity contribution in [2.24, 2.45) is 23.2 Å². The maximum Gasteiger partial charge on any atom is 0.241 e. The minimum Gasteiger partial charge on any atom is -0.274 e. The van der Waals surface area contributed by atoms with Gasteiger partial charge >= 0.3 is 0 Å². The Bertz CT molecular complexity index is 651. The van der Waals surface area contributed by atoms with Crippen molar-refractivity contribution in [1.29, 1.82) is 0 Å². The van der Waals surface area contributed by atoms with Crippen LogP contribution < -0.4 is 4.90 Å². The second-order valence-corrected chi connectivity index (χ2v) is 6.54. The molecule has 4 heteroatoms. The van der Waals surface area contributed by atoms with Gasteiger partial charge in [-0.1, -0.05) is 23.8 Å². The van der Waals surface area contributed by atoms with Gasteiger partial charge in [0.1, 0.15) is 0 Å². The first kappa shape index (κ1) is 12.2. The zero-order chi connectivity index (χ0) is 14.1. The Morgan fingerprint density at radius 3 is 2.55 bits per heavy atom. The molecule has 3 aliphatic rings. The fraction of sp³-hybridized carbons (Fsp3) is 0.375. The first-order chi connectivity index (χ1) is 9.53. The molecule has 2 aliphatic carbocycles. The van der Waals surface area contributed by atoms with Crippen LogP contribution in [0.4, 0.5) is 5.69 Å². The Balaban J connectivity index is 1.80. The van der Waals surface area contributed by atoms with Gasteiger partial charge < -0.3 is 0 Å². The van der Waals surface area contributed by atoms with Gasteiger partial charge in [-0.25, -0.2) is 4.90 Å². The molecule has 2 amide bonds. The number of amides is 2. The number of hydrogen-bond donors (Lipinski definition) is 0. The van der Waals surface area contributed by atoms with Crippen LogP contribution in [0.3, 0.4) is 0 Å². The molecule has 0 spiro atoms. The predicted octanol–water partition coefficient (Wildman–Crippen LogP) is 3.04. The molecule has 4 rings (SSSR count). The van der Waals surface area contributed by atoms with Gasteiger partial charge in [-0.05, 0) is 49.4 Å². The molecule has 4 unspecified atom stereocenters. The van der Waals surface area contributed by atoms with Gasteiger partial charge in [0, 0.05) is 5.02 Å². The molecule has 4 atom stereocenters. The van der Waals surface area contributed by atoms with Crippen LogP contribution in [0.1, 0.15) is 13.3 Å². The molecule has 1 aromatic rings.